The lowest BCUT2D eigenvalue weighted by Crippen LogP contribution is -2.13. The zero-order chi connectivity index (χ0) is 13.3. The molecule has 1 aromatic carbocycles. The van der Waals surface area contributed by atoms with Crippen molar-refractivity contribution in [3.05, 3.63) is 28.5 Å². The fraction of sp³-hybridized carbons (Fsp3) is 0.429. The minimum atomic E-state index is 0.543. The topological polar surface area (TPSA) is 44.5 Å². The highest BCUT2D eigenvalue weighted by Crippen LogP contribution is 2.21. The Morgan fingerprint density at radius 3 is 2.72 bits per heavy atom. The molecule has 0 fully saturated rings. The summed E-state index contributed by atoms with van der Waals surface area (Å²) in [5, 5.41) is 9.09. The molecule has 1 N–H and O–H groups in total. The Morgan fingerprint density at radius 2 is 2.11 bits per heavy atom. The van der Waals surface area contributed by atoms with Crippen molar-refractivity contribution in [3.63, 3.8) is 0 Å². The number of nitrogens with one attached hydrogen (secondary N) is 1. The lowest BCUT2D eigenvalue weighted by molar-refractivity contribution is 0.367. The van der Waals surface area contributed by atoms with Crippen LogP contribution in [0, 0.1) is 27.9 Å². The van der Waals surface area contributed by atoms with E-state index in [1.165, 1.54) is 0 Å². The summed E-state index contributed by atoms with van der Waals surface area (Å²) < 4.78 is 2.79. The maximum Gasteiger partial charge on any atom is 0.178 e. The number of nitriles is 1. The van der Waals surface area contributed by atoms with Gasteiger partial charge in [-0.05, 0) is 36.2 Å². The summed E-state index contributed by atoms with van der Waals surface area (Å²) in [7, 11) is 0. The van der Waals surface area contributed by atoms with Gasteiger partial charge in [0.25, 0.3) is 0 Å². The third-order valence-electron chi connectivity index (χ3n) is 3.54. The minimum absolute atomic E-state index is 0.543. The highest BCUT2D eigenvalue weighted by molar-refractivity contribution is 7.71. The van der Waals surface area contributed by atoms with Crippen molar-refractivity contribution < 1.29 is 0 Å². The molecule has 94 valence electrons. The second-order valence-corrected chi connectivity index (χ2v) is 5.46. The van der Waals surface area contributed by atoms with E-state index in [-0.39, 0.29) is 0 Å². The van der Waals surface area contributed by atoms with Crippen molar-refractivity contribution in [2.75, 3.05) is 0 Å². The molecule has 0 aliphatic heterocycles. The van der Waals surface area contributed by atoms with E-state index in [9.17, 15) is 0 Å². The molecule has 3 nitrogen and oxygen atoms in total. The second kappa shape index (κ2) is 4.95. The van der Waals surface area contributed by atoms with E-state index in [0.29, 0.717) is 22.2 Å². The number of aromatic nitrogens is 2. The van der Waals surface area contributed by atoms with Gasteiger partial charge in [-0.25, -0.2) is 0 Å². The Morgan fingerprint density at radius 1 is 1.39 bits per heavy atom. The molecule has 1 unspecified atom stereocenters. The monoisotopic (exact) mass is 259 g/mol. The molecule has 0 spiro atoms. The third-order valence-corrected chi connectivity index (χ3v) is 3.86. The number of hydrogen-bond acceptors (Lipinski definition) is 2. The van der Waals surface area contributed by atoms with Gasteiger partial charge < -0.3 is 9.55 Å². The van der Waals surface area contributed by atoms with Crippen molar-refractivity contribution >= 4 is 23.3 Å². The van der Waals surface area contributed by atoms with Gasteiger partial charge in [-0.3, -0.25) is 0 Å². The van der Waals surface area contributed by atoms with Crippen LogP contribution < -0.4 is 0 Å². The molecule has 0 saturated carbocycles. The van der Waals surface area contributed by atoms with Crippen molar-refractivity contribution in [1.82, 2.24) is 9.55 Å². The van der Waals surface area contributed by atoms with Gasteiger partial charge in [0.05, 0.1) is 16.6 Å². The predicted molar refractivity (Wildman–Crippen MR) is 75.8 cm³/mol. The normalized spacial score (nSPS) is 12.8. The number of para-hydroxylation sites is 1. The fourth-order valence-corrected chi connectivity index (χ4v) is 2.23. The molecule has 1 atom stereocenters. The summed E-state index contributed by atoms with van der Waals surface area (Å²) >= 11 is 5.36. The van der Waals surface area contributed by atoms with Crippen LogP contribution in [0.1, 0.15) is 26.3 Å². The summed E-state index contributed by atoms with van der Waals surface area (Å²) in [6, 6.07) is 7.92. The zero-order valence-corrected chi connectivity index (χ0v) is 11.7. The molecular formula is C14H17N3S. The fourth-order valence-electron chi connectivity index (χ4n) is 1.95. The summed E-state index contributed by atoms with van der Waals surface area (Å²) in [6.45, 7) is 7.53. The average Bonchev–Trinajstić information content (AvgIpc) is 2.65. The Labute approximate surface area is 112 Å². The van der Waals surface area contributed by atoms with Crippen LogP contribution in [0.5, 0.6) is 0 Å². The van der Waals surface area contributed by atoms with E-state index in [0.717, 1.165) is 17.6 Å². The molecule has 0 bridgehead atoms. The van der Waals surface area contributed by atoms with Crippen molar-refractivity contribution in [2.24, 2.45) is 11.8 Å². The van der Waals surface area contributed by atoms with Crippen molar-refractivity contribution in [2.45, 2.75) is 27.3 Å². The van der Waals surface area contributed by atoms with E-state index in [2.05, 4.69) is 36.4 Å². The first-order chi connectivity index (χ1) is 8.54. The van der Waals surface area contributed by atoms with Gasteiger partial charge in [0.15, 0.2) is 4.77 Å². The third kappa shape index (κ3) is 2.19. The smallest absolute Gasteiger partial charge is 0.178 e. The summed E-state index contributed by atoms with van der Waals surface area (Å²) in [5.74, 6) is 1.15. The number of H-pyrrole nitrogens is 1. The van der Waals surface area contributed by atoms with Gasteiger partial charge in [0, 0.05) is 6.54 Å². The Kier molecular flexibility index (Phi) is 3.53. The molecule has 1 aromatic heterocycles. The summed E-state index contributed by atoms with van der Waals surface area (Å²) in [5.41, 5.74) is 2.52. The first-order valence-corrected chi connectivity index (χ1v) is 6.57. The van der Waals surface area contributed by atoms with Crippen LogP contribution in [0.2, 0.25) is 0 Å². The summed E-state index contributed by atoms with van der Waals surface area (Å²) in [4.78, 5) is 3.15. The highest BCUT2D eigenvalue weighted by atomic mass is 32.1. The van der Waals surface area contributed by atoms with Crippen molar-refractivity contribution in [1.29, 1.82) is 5.26 Å². The van der Waals surface area contributed by atoms with Gasteiger partial charge in [0.2, 0.25) is 0 Å². The van der Waals surface area contributed by atoms with E-state index >= 15 is 0 Å². The summed E-state index contributed by atoms with van der Waals surface area (Å²) in [6.07, 6.45) is 0. The molecule has 0 aliphatic rings. The molecule has 1 heterocycles. The van der Waals surface area contributed by atoms with E-state index in [4.69, 9.17) is 17.5 Å². The minimum Gasteiger partial charge on any atom is -0.329 e. The van der Waals surface area contributed by atoms with Crippen LogP contribution >= 0.6 is 12.2 Å². The average molecular weight is 259 g/mol. The molecule has 2 rings (SSSR count). The van der Waals surface area contributed by atoms with Gasteiger partial charge in [-0.15, -0.1) is 0 Å². The van der Waals surface area contributed by atoms with Crippen LogP contribution in [-0.2, 0) is 6.54 Å². The first-order valence-electron chi connectivity index (χ1n) is 6.16. The largest absolute Gasteiger partial charge is 0.329 e. The predicted octanol–water partition coefficient (Wildman–Crippen LogP) is 3.86. The lowest BCUT2D eigenvalue weighted by Gasteiger charge is -2.16. The highest BCUT2D eigenvalue weighted by Gasteiger charge is 2.12. The number of hydrogen-bond donors (Lipinski definition) is 1. The number of benzene rings is 1. The molecule has 0 saturated heterocycles. The van der Waals surface area contributed by atoms with Crippen LogP contribution in [0.25, 0.3) is 11.0 Å². The van der Waals surface area contributed by atoms with Crippen LogP contribution in [0.3, 0.4) is 0 Å². The van der Waals surface area contributed by atoms with Gasteiger partial charge in [-0.2, -0.15) is 5.26 Å². The zero-order valence-electron chi connectivity index (χ0n) is 10.9. The number of fused-ring (bicyclic) bond motifs is 1. The number of rotatable bonds is 3. The Bertz CT molecular complexity index is 658. The Balaban J connectivity index is 2.56. The standard InChI is InChI=1S/C14H17N3S/c1-9(2)10(3)8-17-12-6-4-5-11(7-15)13(12)16-14(17)18/h4-6,9-10H,8H2,1-3H3,(H,16,18). The van der Waals surface area contributed by atoms with Crippen LogP contribution in [-0.4, -0.2) is 9.55 Å². The number of imidazole rings is 1. The SMILES string of the molecule is CC(C)C(C)Cn1c(=S)[nH]c2c(C#N)cccc21. The van der Waals surface area contributed by atoms with Gasteiger partial charge >= 0.3 is 0 Å². The molecule has 0 radical (unpaired) electrons. The van der Waals surface area contributed by atoms with Gasteiger partial charge in [-0.1, -0.05) is 26.8 Å². The molecule has 2 aromatic rings. The maximum atomic E-state index is 9.09. The Hall–Kier alpha value is -1.60. The number of nitrogens with zero attached hydrogens (tertiary/aromatic N) is 2. The molecular weight excluding hydrogens is 242 g/mol. The molecule has 0 aliphatic carbocycles. The second-order valence-electron chi connectivity index (χ2n) is 5.07. The van der Waals surface area contributed by atoms with Gasteiger partial charge in [0.1, 0.15) is 6.07 Å². The molecule has 18 heavy (non-hydrogen) atoms. The molecule has 0 amide bonds. The van der Waals surface area contributed by atoms with E-state index < -0.39 is 0 Å². The van der Waals surface area contributed by atoms with Crippen LogP contribution in [0.4, 0.5) is 0 Å². The molecule has 4 heteroatoms. The number of aromatic amines is 1. The van der Waals surface area contributed by atoms with E-state index in [1.807, 2.05) is 18.2 Å². The van der Waals surface area contributed by atoms with E-state index in [1.54, 1.807) is 0 Å². The first kappa shape index (κ1) is 12.8. The lowest BCUT2D eigenvalue weighted by atomic mass is 9.98. The maximum absolute atomic E-state index is 9.09. The van der Waals surface area contributed by atoms with Crippen molar-refractivity contribution in [3.8, 4) is 6.07 Å². The van der Waals surface area contributed by atoms with Crippen LogP contribution in [0.15, 0.2) is 18.2 Å². The quantitative estimate of drug-likeness (QED) is 0.851.